The SMILES string of the molecule is Cc1nc2c(C(N)=O)cnn2c(C)c1CCC(=O)Nc1ccccn1. The first-order valence-electron chi connectivity index (χ1n) is 7.82. The van der Waals surface area contributed by atoms with Gasteiger partial charge in [0.1, 0.15) is 11.4 Å². The second-order valence-corrected chi connectivity index (χ2v) is 5.68. The zero-order chi connectivity index (χ0) is 18.0. The number of aromatic nitrogens is 4. The Morgan fingerprint density at radius 1 is 1.28 bits per heavy atom. The minimum atomic E-state index is -0.566. The Morgan fingerprint density at radius 3 is 2.76 bits per heavy atom. The monoisotopic (exact) mass is 338 g/mol. The molecule has 8 heteroatoms. The maximum atomic E-state index is 12.1. The molecule has 0 saturated carbocycles. The van der Waals surface area contributed by atoms with Crippen LogP contribution in [-0.2, 0) is 11.2 Å². The van der Waals surface area contributed by atoms with Gasteiger partial charge in [0.05, 0.1) is 6.20 Å². The Hall–Kier alpha value is -3.29. The molecular weight excluding hydrogens is 320 g/mol. The van der Waals surface area contributed by atoms with Gasteiger partial charge in [-0.15, -0.1) is 0 Å². The lowest BCUT2D eigenvalue weighted by Crippen LogP contribution is -2.15. The van der Waals surface area contributed by atoms with Gasteiger partial charge in [0.2, 0.25) is 5.91 Å². The minimum Gasteiger partial charge on any atom is -0.365 e. The summed E-state index contributed by atoms with van der Waals surface area (Å²) in [5, 5.41) is 6.93. The molecule has 0 saturated heterocycles. The Balaban J connectivity index is 1.80. The highest BCUT2D eigenvalue weighted by molar-refractivity contribution is 5.98. The molecule has 0 aliphatic heterocycles. The summed E-state index contributed by atoms with van der Waals surface area (Å²) in [6, 6.07) is 5.33. The summed E-state index contributed by atoms with van der Waals surface area (Å²) in [6.07, 6.45) is 3.82. The molecule has 3 N–H and O–H groups in total. The first-order valence-corrected chi connectivity index (χ1v) is 7.82. The number of rotatable bonds is 5. The van der Waals surface area contributed by atoms with E-state index in [4.69, 9.17) is 5.73 Å². The topological polar surface area (TPSA) is 115 Å². The summed E-state index contributed by atoms with van der Waals surface area (Å²) in [4.78, 5) is 32.1. The van der Waals surface area contributed by atoms with Crippen molar-refractivity contribution >= 4 is 23.3 Å². The summed E-state index contributed by atoms with van der Waals surface area (Å²) in [5.74, 6) is -0.174. The van der Waals surface area contributed by atoms with Crippen LogP contribution in [0.1, 0.15) is 33.7 Å². The number of carbonyl (C=O) groups excluding carboxylic acids is 2. The van der Waals surface area contributed by atoms with E-state index in [9.17, 15) is 9.59 Å². The summed E-state index contributed by atoms with van der Waals surface area (Å²) in [6.45, 7) is 3.72. The number of hydrogen-bond acceptors (Lipinski definition) is 5. The highest BCUT2D eigenvalue weighted by Gasteiger charge is 2.17. The maximum absolute atomic E-state index is 12.1. The van der Waals surface area contributed by atoms with E-state index in [1.165, 1.54) is 6.20 Å². The zero-order valence-corrected chi connectivity index (χ0v) is 14.0. The van der Waals surface area contributed by atoms with Gasteiger partial charge in [-0.2, -0.15) is 5.10 Å². The number of nitrogens with one attached hydrogen (secondary N) is 1. The van der Waals surface area contributed by atoms with Crippen LogP contribution in [-0.4, -0.2) is 31.4 Å². The first kappa shape index (κ1) is 16.6. The predicted molar refractivity (Wildman–Crippen MR) is 92.2 cm³/mol. The Morgan fingerprint density at radius 2 is 2.08 bits per heavy atom. The third-order valence-electron chi connectivity index (χ3n) is 4.01. The van der Waals surface area contributed by atoms with Crippen molar-refractivity contribution in [1.82, 2.24) is 19.6 Å². The maximum Gasteiger partial charge on any atom is 0.254 e. The molecule has 3 heterocycles. The largest absolute Gasteiger partial charge is 0.365 e. The van der Waals surface area contributed by atoms with E-state index in [2.05, 4.69) is 20.4 Å². The molecule has 25 heavy (non-hydrogen) atoms. The fourth-order valence-electron chi connectivity index (χ4n) is 2.73. The van der Waals surface area contributed by atoms with Crippen LogP contribution in [0, 0.1) is 13.8 Å². The number of pyridine rings is 1. The first-order chi connectivity index (χ1) is 12.0. The van der Waals surface area contributed by atoms with Gasteiger partial charge in [0.15, 0.2) is 5.65 Å². The van der Waals surface area contributed by atoms with E-state index < -0.39 is 5.91 Å². The molecule has 0 atom stereocenters. The van der Waals surface area contributed by atoms with Gasteiger partial charge in [-0.05, 0) is 38.0 Å². The molecule has 2 amide bonds. The average Bonchev–Trinajstić information content (AvgIpc) is 2.99. The number of aryl methyl sites for hydroxylation is 2. The van der Waals surface area contributed by atoms with Crippen LogP contribution in [0.3, 0.4) is 0 Å². The minimum absolute atomic E-state index is 0.129. The molecular formula is C17H18N6O2. The molecule has 0 aromatic carbocycles. The number of amides is 2. The lowest BCUT2D eigenvalue weighted by atomic mass is 10.1. The number of fused-ring (bicyclic) bond motifs is 1. The Bertz CT molecular complexity index is 949. The van der Waals surface area contributed by atoms with Crippen molar-refractivity contribution in [3.63, 3.8) is 0 Å². The normalized spacial score (nSPS) is 10.8. The number of carbonyl (C=O) groups is 2. The van der Waals surface area contributed by atoms with Crippen LogP contribution < -0.4 is 11.1 Å². The molecule has 0 aliphatic carbocycles. The predicted octanol–water partition coefficient (Wildman–Crippen LogP) is 1.41. The quantitative estimate of drug-likeness (QED) is 0.730. The van der Waals surface area contributed by atoms with Crippen molar-refractivity contribution in [2.24, 2.45) is 5.73 Å². The van der Waals surface area contributed by atoms with Gasteiger partial charge in [-0.25, -0.2) is 14.5 Å². The van der Waals surface area contributed by atoms with Crippen molar-refractivity contribution in [1.29, 1.82) is 0 Å². The lowest BCUT2D eigenvalue weighted by Gasteiger charge is -2.11. The molecule has 3 aromatic heterocycles. The van der Waals surface area contributed by atoms with Crippen molar-refractivity contribution in [3.8, 4) is 0 Å². The van der Waals surface area contributed by atoms with E-state index in [1.54, 1.807) is 22.8 Å². The van der Waals surface area contributed by atoms with E-state index in [0.717, 1.165) is 17.0 Å². The van der Waals surface area contributed by atoms with Crippen molar-refractivity contribution in [3.05, 3.63) is 53.1 Å². The van der Waals surface area contributed by atoms with E-state index >= 15 is 0 Å². The highest BCUT2D eigenvalue weighted by Crippen LogP contribution is 2.18. The fourth-order valence-corrected chi connectivity index (χ4v) is 2.73. The number of nitrogens with zero attached hydrogens (tertiary/aromatic N) is 4. The molecule has 0 radical (unpaired) electrons. The van der Waals surface area contributed by atoms with Crippen LogP contribution in [0.2, 0.25) is 0 Å². The van der Waals surface area contributed by atoms with Gasteiger partial charge in [0.25, 0.3) is 5.91 Å². The molecule has 0 fully saturated rings. The second-order valence-electron chi connectivity index (χ2n) is 5.68. The molecule has 8 nitrogen and oxygen atoms in total. The Kier molecular flexibility index (Phi) is 4.42. The number of anilines is 1. The van der Waals surface area contributed by atoms with E-state index in [0.29, 0.717) is 17.9 Å². The number of nitrogens with two attached hydrogens (primary N) is 1. The standard InChI is InChI=1S/C17H18N6O2/c1-10-12(6-7-15(24)22-14-5-3-4-8-19-14)11(2)23-17(21-10)13(9-20-23)16(18)25/h3-5,8-9H,6-7H2,1-2H3,(H2,18,25)(H,19,22,24). The van der Waals surface area contributed by atoms with Crippen LogP contribution in [0.25, 0.3) is 5.65 Å². The number of hydrogen-bond donors (Lipinski definition) is 2. The van der Waals surface area contributed by atoms with Gasteiger partial charge in [-0.1, -0.05) is 6.07 Å². The molecule has 0 spiro atoms. The van der Waals surface area contributed by atoms with Gasteiger partial charge < -0.3 is 11.1 Å². The fraction of sp³-hybridized carbons (Fsp3) is 0.235. The third-order valence-corrected chi connectivity index (χ3v) is 4.01. The van der Waals surface area contributed by atoms with Gasteiger partial charge in [-0.3, -0.25) is 9.59 Å². The number of primary amides is 1. The Labute approximate surface area is 144 Å². The van der Waals surface area contributed by atoms with Gasteiger partial charge in [0, 0.05) is 24.0 Å². The summed E-state index contributed by atoms with van der Waals surface area (Å²) in [7, 11) is 0. The van der Waals surface area contributed by atoms with Crippen LogP contribution in [0.15, 0.2) is 30.6 Å². The zero-order valence-electron chi connectivity index (χ0n) is 14.0. The van der Waals surface area contributed by atoms with Crippen molar-refractivity contribution in [2.75, 3.05) is 5.32 Å². The molecule has 0 aliphatic rings. The molecule has 3 rings (SSSR count). The summed E-state index contributed by atoms with van der Waals surface area (Å²) >= 11 is 0. The van der Waals surface area contributed by atoms with Crippen LogP contribution >= 0.6 is 0 Å². The van der Waals surface area contributed by atoms with Crippen LogP contribution in [0.5, 0.6) is 0 Å². The summed E-state index contributed by atoms with van der Waals surface area (Å²) in [5.41, 5.74) is 8.56. The average molecular weight is 338 g/mol. The van der Waals surface area contributed by atoms with Crippen molar-refractivity contribution < 1.29 is 9.59 Å². The molecule has 0 unspecified atom stereocenters. The lowest BCUT2D eigenvalue weighted by molar-refractivity contribution is -0.116. The second kappa shape index (κ2) is 6.68. The van der Waals surface area contributed by atoms with E-state index in [-0.39, 0.29) is 17.9 Å². The van der Waals surface area contributed by atoms with Crippen molar-refractivity contribution in [2.45, 2.75) is 26.7 Å². The molecule has 128 valence electrons. The van der Waals surface area contributed by atoms with Crippen LogP contribution in [0.4, 0.5) is 5.82 Å². The smallest absolute Gasteiger partial charge is 0.254 e. The van der Waals surface area contributed by atoms with Gasteiger partial charge >= 0.3 is 0 Å². The third kappa shape index (κ3) is 3.32. The summed E-state index contributed by atoms with van der Waals surface area (Å²) < 4.78 is 1.58. The molecule has 3 aromatic rings. The molecule has 0 bridgehead atoms. The highest BCUT2D eigenvalue weighted by atomic mass is 16.2. The van der Waals surface area contributed by atoms with E-state index in [1.807, 2.05) is 19.9 Å².